The van der Waals surface area contributed by atoms with Crippen molar-refractivity contribution < 1.29 is 9.59 Å². The van der Waals surface area contributed by atoms with Crippen LogP contribution >= 0.6 is 22.6 Å². The number of benzene rings is 2. The molecule has 94 valence electrons. The number of anilines is 1. The number of Topliss-reactive ketones (excluding diaryl/α,β-unsaturated/α-hetero) is 1. The van der Waals surface area contributed by atoms with Gasteiger partial charge in [-0.15, -0.1) is 0 Å². The first-order valence-corrected chi connectivity index (χ1v) is 6.95. The molecule has 0 atom stereocenters. The van der Waals surface area contributed by atoms with Gasteiger partial charge in [-0.2, -0.15) is 0 Å². The summed E-state index contributed by atoms with van der Waals surface area (Å²) in [5.41, 5.74) is 2.25. The SMILES string of the molecule is O=C1C(=O)N(Cc2ccccc2I)c2ccccc21. The number of fused-ring (bicyclic) bond motifs is 1. The number of nitrogens with zero attached hydrogens (tertiary/aromatic N) is 1. The van der Waals surface area contributed by atoms with Gasteiger partial charge in [0.15, 0.2) is 0 Å². The molecule has 0 N–H and O–H groups in total. The quantitative estimate of drug-likeness (QED) is 0.608. The Balaban J connectivity index is 2.01. The lowest BCUT2D eigenvalue weighted by atomic mass is 10.1. The molecule has 2 aromatic rings. The van der Waals surface area contributed by atoms with E-state index in [1.54, 1.807) is 17.0 Å². The van der Waals surface area contributed by atoms with E-state index in [1.165, 1.54) is 0 Å². The third-order valence-electron chi connectivity index (χ3n) is 3.17. The first-order valence-electron chi connectivity index (χ1n) is 5.87. The van der Waals surface area contributed by atoms with Crippen LogP contribution in [0, 0.1) is 3.57 Å². The lowest BCUT2D eigenvalue weighted by molar-refractivity contribution is -0.114. The van der Waals surface area contributed by atoms with Gasteiger partial charge in [0, 0.05) is 3.57 Å². The summed E-state index contributed by atoms with van der Waals surface area (Å²) >= 11 is 2.24. The molecule has 0 aliphatic carbocycles. The zero-order chi connectivity index (χ0) is 13.4. The minimum absolute atomic E-state index is 0.415. The molecule has 0 spiro atoms. The second kappa shape index (κ2) is 4.77. The Bertz CT molecular complexity index is 681. The second-order valence-electron chi connectivity index (χ2n) is 4.33. The fraction of sp³-hybridized carbons (Fsp3) is 0.0667. The highest BCUT2D eigenvalue weighted by Gasteiger charge is 2.35. The van der Waals surface area contributed by atoms with Crippen molar-refractivity contribution in [2.24, 2.45) is 0 Å². The number of carbonyl (C=O) groups is 2. The van der Waals surface area contributed by atoms with Crippen molar-refractivity contribution in [3.05, 3.63) is 63.2 Å². The molecule has 0 bridgehead atoms. The highest BCUT2D eigenvalue weighted by Crippen LogP contribution is 2.30. The fourth-order valence-corrected chi connectivity index (χ4v) is 2.76. The van der Waals surface area contributed by atoms with E-state index in [9.17, 15) is 9.59 Å². The standard InChI is InChI=1S/C15H10INO2/c16-12-7-3-1-5-10(12)9-17-13-8-4-2-6-11(13)14(18)15(17)19/h1-8H,9H2. The Morgan fingerprint density at radius 1 is 0.947 bits per heavy atom. The molecular weight excluding hydrogens is 353 g/mol. The van der Waals surface area contributed by atoms with Gasteiger partial charge < -0.3 is 4.90 Å². The average molecular weight is 363 g/mol. The van der Waals surface area contributed by atoms with Crippen molar-refractivity contribution in [2.75, 3.05) is 4.90 Å². The van der Waals surface area contributed by atoms with Crippen LogP contribution in [-0.2, 0) is 11.3 Å². The van der Waals surface area contributed by atoms with Gasteiger partial charge in [-0.25, -0.2) is 0 Å². The van der Waals surface area contributed by atoms with Crippen LogP contribution in [0.1, 0.15) is 15.9 Å². The Kier molecular flexibility index (Phi) is 3.10. The molecule has 1 aliphatic rings. The molecule has 0 unspecified atom stereocenters. The van der Waals surface area contributed by atoms with Crippen LogP contribution in [-0.4, -0.2) is 11.7 Å². The van der Waals surface area contributed by atoms with Crippen molar-refractivity contribution >= 4 is 40.0 Å². The van der Waals surface area contributed by atoms with Crippen molar-refractivity contribution in [3.8, 4) is 0 Å². The Labute approximate surface area is 124 Å². The largest absolute Gasteiger partial charge is 0.300 e. The monoisotopic (exact) mass is 363 g/mol. The van der Waals surface area contributed by atoms with Gasteiger partial charge in [0.25, 0.3) is 11.7 Å². The van der Waals surface area contributed by atoms with E-state index in [1.807, 2.05) is 36.4 Å². The highest BCUT2D eigenvalue weighted by molar-refractivity contribution is 14.1. The van der Waals surface area contributed by atoms with Crippen LogP contribution in [0.2, 0.25) is 0 Å². The van der Waals surface area contributed by atoms with E-state index in [2.05, 4.69) is 22.6 Å². The predicted molar refractivity (Wildman–Crippen MR) is 81.1 cm³/mol. The smallest absolute Gasteiger partial charge is 0.299 e. The van der Waals surface area contributed by atoms with Crippen LogP contribution in [0.15, 0.2) is 48.5 Å². The van der Waals surface area contributed by atoms with Crippen molar-refractivity contribution in [1.82, 2.24) is 0 Å². The molecule has 1 amide bonds. The minimum Gasteiger partial charge on any atom is -0.300 e. The van der Waals surface area contributed by atoms with Crippen LogP contribution in [0.25, 0.3) is 0 Å². The van der Waals surface area contributed by atoms with E-state index < -0.39 is 11.7 Å². The summed E-state index contributed by atoms with van der Waals surface area (Å²) in [6, 6.07) is 15.0. The van der Waals surface area contributed by atoms with Crippen LogP contribution in [0.3, 0.4) is 0 Å². The molecule has 3 rings (SSSR count). The van der Waals surface area contributed by atoms with Crippen LogP contribution in [0.4, 0.5) is 5.69 Å². The number of rotatable bonds is 2. The molecule has 2 aromatic carbocycles. The van der Waals surface area contributed by atoms with Gasteiger partial charge in [0.1, 0.15) is 0 Å². The van der Waals surface area contributed by atoms with E-state index in [0.29, 0.717) is 17.8 Å². The zero-order valence-electron chi connectivity index (χ0n) is 9.97. The number of halogens is 1. The lowest BCUT2D eigenvalue weighted by Crippen LogP contribution is -2.29. The zero-order valence-corrected chi connectivity index (χ0v) is 12.1. The van der Waals surface area contributed by atoms with Gasteiger partial charge in [-0.05, 0) is 46.4 Å². The summed E-state index contributed by atoms with van der Waals surface area (Å²) in [4.78, 5) is 25.5. The molecule has 0 radical (unpaired) electrons. The van der Waals surface area contributed by atoms with Crippen molar-refractivity contribution in [3.63, 3.8) is 0 Å². The van der Waals surface area contributed by atoms with Gasteiger partial charge >= 0.3 is 0 Å². The normalized spacial score (nSPS) is 13.8. The maximum absolute atomic E-state index is 12.1. The van der Waals surface area contributed by atoms with Crippen LogP contribution < -0.4 is 4.90 Å². The molecule has 0 aromatic heterocycles. The fourth-order valence-electron chi connectivity index (χ4n) is 2.20. The second-order valence-corrected chi connectivity index (χ2v) is 5.49. The number of ketones is 1. The molecule has 1 heterocycles. The summed E-state index contributed by atoms with van der Waals surface area (Å²) in [5, 5.41) is 0. The average Bonchev–Trinajstić information content (AvgIpc) is 2.67. The topological polar surface area (TPSA) is 37.4 Å². The summed E-state index contributed by atoms with van der Waals surface area (Å²) < 4.78 is 1.09. The van der Waals surface area contributed by atoms with Gasteiger partial charge in [-0.1, -0.05) is 30.3 Å². The summed E-state index contributed by atoms with van der Waals surface area (Å²) in [6.07, 6.45) is 0. The number of hydrogen-bond acceptors (Lipinski definition) is 2. The summed E-state index contributed by atoms with van der Waals surface area (Å²) in [5.74, 6) is -0.859. The maximum atomic E-state index is 12.1. The Morgan fingerprint density at radius 3 is 2.42 bits per heavy atom. The van der Waals surface area contributed by atoms with E-state index in [-0.39, 0.29) is 0 Å². The van der Waals surface area contributed by atoms with Gasteiger partial charge in [0.05, 0.1) is 17.8 Å². The Morgan fingerprint density at radius 2 is 1.63 bits per heavy atom. The number of amides is 1. The van der Waals surface area contributed by atoms with Crippen LogP contribution in [0.5, 0.6) is 0 Å². The van der Waals surface area contributed by atoms with Gasteiger partial charge in [0.2, 0.25) is 0 Å². The molecule has 3 nitrogen and oxygen atoms in total. The van der Waals surface area contributed by atoms with Gasteiger partial charge in [-0.3, -0.25) is 9.59 Å². The predicted octanol–water partition coefficient (Wildman–Crippen LogP) is 3.02. The summed E-state index contributed by atoms with van der Waals surface area (Å²) in [6.45, 7) is 0.431. The van der Waals surface area contributed by atoms with Crippen molar-refractivity contribution in [2.45, 2.75) is 6.54 Å². The number of hydrogen-bond donors (Lipinski definition) is 0. The minimum atomic E-state index is -0.444. The maximum Gasteiger partial charge on any atom is 0.299 e. The molecule has 19 heavy (non-hydrogen) atoms. The third-order valence-corrected chi connectivity index (χ3v) is 4.22. The first-order chi connectivity index (χ1) is 9.18. The Hall–Kier alpha value is -1.69. The molecular formula is C15H10INO2. The number of para-hydroxylation sites is 1. The first kappa shape index (κ1) is 12.3. The molecule has 4 heteroatoms. The lowest BCUT2D eigenvalue weighted by Gasteiger charge is -2.17. The highest BCUT2D eigenvalue weighted by atomic mass is 127. The van der Waals surface area contributed by atoms with Crippen molar-refractivity contribution in [1.29, 1.82) is 0 Å². The third kappa shape index (κ3) is 2.06. The van der Waals surface area contributed by atoms with E-state index in [0.717, 1.165) is 9.13 Å². The van der Waals surface area contributed by atoms with E-state index in [4.69, 9.17) is 0 Å². The molecule has 0 fully saturated rings. The summed E-state index contributed by atoms with van der Waals surface area (Å²) in [7, 11) is 0. The molecule has 1 aliphatic heterocycles. The molecule has 0 saturated heterocycles. The number of carbonyl (C=O) groups excluding carboxylic acids is 2. The van der Waals surface area contributed by atoms with E-state index >= 15 is 0 Å². The molecule has 0 saturated carbocycles.